The lowest BCUT2D eigenvalue weighted by Gasteiger charge is -2.18. The summed E-state index contributed by atoms with van der Waals surface area (Å²) < 4.78 is 16.4. The van der Waals surface area contributed by atoms with Crippen molar-refractivity contribution in [2.45, 2.75) is 13.8 Å². The lowest BCUT2D eigenvalue weighted by molar-refractivity contribution is -0.118. The zero-order valence-corrected chi connectivity index (χ0v) is 13.2. The number of nitrogens with one attached hydrogen (secondary N) is 1. The number of aryl methyl sites for hydroxylation is 2. The van der Waals surface area contributed by atoms with Crippen molar-refractivity contribution in [2.24, 2.45) is 0 Å². The van der Waals surface area contributed by atoms with Crippen molar-refractivity contribution in [3.8, 4) is 17.2 Å². The molecule has 0 atom stereocenters. The Morgan fingerprint density at radius 1 is 1.04 bits per heavy atom. The van der Waals surface area contributed by atoms with E-state index in [1.807, 2.05) is 32.0 Å². The normalized spacial score (nSPS) is 12.6. The Morgan fingerprint density at radius 2 is 1.83 bits per heavy atom. The van der Waals surface area contributed by atoms with Crippen LogP contribution < -0.4 is 19.5 Å². The second-order valence-electron chi connectivity index (χ2n) is 5.44. The molecule has 1 N–H and O–H groups in total. The van der Waals surface area contributed by atoms with Crippen molar-refractivity contribution in [1.82, 2.24) is 0 Å². The molecule has 0 aromatic heterocycles. The molecule has 1 heterocycles. The van der Waals surface area contributed by atoms with E-state index in [4.69, 9.17) is 14.2 Å². The Hall–Kier alpha value is -2.69. The largest absolute Gasteiger partial charge is 0.486 e. The number of amides is 1. The first-order valence-electron chi connectivity index (χ1n) is 7.51. The number of carbonyl (C=O) groups is 1. The van der Waals surface area contributed by atoms with Gasteiger partial charge in [0.15, 0.2) is 18.1 Å². The van der Waals surface area contributed by atoms with Crippen molar-refractivity contribution in [3.63, 3.8) is 0 Å². The van der Waals surface area contributed by atoms with Crippen molar-refractivity contribution >= 4 is 11.6 Å². The first-order valence-corrected chi connectivity index (χ1v) is 7.51. The van der Waals surface area contributed by atoms with E-state index >= 15 is 0 Å². The molecule has 0 aliphatic carbocycles. The molecule has 3 rings (SSSR count). The monoisotopic (exact) mass is 313 g/mol. The van der Waals surface area contributed by atoms with Crippen molar-refractivity contribution in [1.29, 1.82) is 0 Å². The van der Waals surface area contributed by atoms with E-state index in [-0.39, 0.29) is 12.5 Å². The molecule has 0 spiro atoms. The van der Waals surface area contributed by atoms with Gasteiger partial charge in [-0.3, -0.25) is 4.79 Å². The topological polar surface area (TPSA) is 56.8 Å². The second-order valence-corrected chi connectivity index (χ2v) is 5.44. The van der Waals surface area contributed by atoms with Gasteiger partial charge in [0.2, 0.25) is 0 Å². The van der Waals surface area contributed by atoms with Gasteiger partial charge in [-0.05, 0) is 49.2 Å². The Morgan fingerprint density at radius 3 is 2.61 bits per heavy atom. The van der Waals surface area contributed by atoms with Crippen molar-refractivity contribution < 1.29 is 19.0 Å². The molecule has 2 aromatic rings. The van der Waals surface area contributed by atoms with E-state index in [0.29, 0.717) is 30.5 Å². The highest BCUT2D eigenvalue weighted by Crippen LogP contribution is 2.33. The Labute approximate surface area is 135 Å². The number of benzene rings is 2. The van der Waals surface area contributed by atoms with E-state index in [1.54, 1.807) is 18.2 Å². The molecule has 1 amide bonds. The molecule has 0 radical (unpaired) electrons. The van der Waals surface area contributed by atoms with Gasteiger partial charge in [0, 0.05) is 11.8 Å². The van der Waals surface area contributed by atoms with Gasteiger partial charge in [0.25, 0.3) is 5.91 Å². The van der Waals surface area contributed by atoms with Crippen LogP contribution in [0.1, 0.15) is 11.1 Å². The van der Waals surface area contributed by atoms with Crippen molar-refractivity contribution in [3.05, 3.63) is 47.5 Å². The third-order valence-electron chi connectivity index (χ3n) is 3.67. The Kier molecular flexibility index (Phi) is 4.37. The highest BCUT2D eigenvalue weighted by molar-refractivity contribution is 5.92. The molecule has 120 valence electrons. The third kappa shape index (κ3) is 3.74. The second kappa shape index (κ2) is 6.60. The van der Waals surface area contributed by atoms with Crippen LogP contribution in [0.2, 0.25) is 0 Å². The Bertz CT molecular complexity index is 727. The predicted molar refractivity (Wildman–Crippen MR) is 87.5 cm³/mol. The zero-order valence-electron chi connectivity index (χ0n) is 13.2. The number of rotatable bonds is 4. The summed E-state index contributed by atoms with van der Waals surface area (Å²) in [4.78, 5) is 12.0. The van der Waals surface area contributed by atoms with Crippen LogP contribution in [-0.4, -0.2) is 25.7 Å². The molecular formula is C18H19NO4. The van der Waals surface area contributed by atoms with Gasteiger partial charge in [-0.15, -0.1) is 0 Å². The number of hydrogen-bond donors (Lipinski definition) is 1. The lowest BCUT2D eigenvalue weighted by atomic mass is 10.1. The predicted octanol–water partition coefficient (Wildman–Crippen LogP) is 3.09. The molecule has 1 aliphatic heterocycles. The average Bonchev–Trinajstić information content (AvgIpc) is 2.56. The zero-order chi connectivity index (χ0) is 16.2. The maximum Gasteiger partial charge on any atom is 0.262 e. The molecule has 1 aliphatic rings. The molecule has 0 saturated heterocycles. The van der Waals surface area contributed by atoms with Gasteiger partial charge in [0.05, 0.1) is 0 Å². The van der Waals surface area contributed by atoms with Gasteiger partial charge < -0.3 is 19.5 Å². The molecule has 0 saturated carbocycles. The minimum Gasteiger partial charge on any atom is -0.486 e. The van der Waals surface area contributed by atoms with Gasteiger partial charge in [-0.2, -0.15) is 0 Å². The van der Waals surface area contributed by atoms with Crippen LogP contribution in [0.15, 0.2) is 36.4 Å². The van der Waals surface area contributed by atoms with E-state index in [2.05, 4.69) is 5.32 Å². The standard InChI is InChI=1S/C18H19NO4/c1-12-3-4-14(9-13(12)2)19-18(20)11-23-15-5-6-16-17(10-15)22-8-7-21-16/h3-6,9-10H,7-8,11H2,1-2H3,(H,19,20). The molecular weight excluding hydrogens is 294 g/mol. The summed E-state index contributed by atoms with van der Waals surface area (Å²) in [5.74, 6) is 1.71. The fourth-order valence-electron chi connectivity index (χ4n) is 2.28. The lowest BCUT2D eigenvalue weighted by Crippen LogP contribution is -2.20. The van der Waals surface area contributed by atoms with E-state index < -0.39 is 0 Å². The smallest absolute Gasteiger partial charge is 0.262 e. The molecule has 0 unspecified atom stereocenters. The van der Waals surface area contributed by atoms with Crippen LogP contribution in [0, 0.1) is 13.8 Å². The molecule has 5 nitrogen and oxygen atoms in total. The van der Waals surface area contributed by atoms with Gasteiger partial charge >= 0.3 is 0 Å². The summed E-state index contributed by atoms with van der Waals surface area (Å²) in [5.41, 5.74) is 3.09. The van der Waals surface area contributed by atoms with Crippen LogP contribution in [0.5, 0.6) is 17.2 Å². The maximum absolute atomic E-state index is 12.0. The summed E-state index contributed by atoms with van der Waals surface area (Å²) in [6, 6.07) is 11.1. The van der Waals surface area contributed by atoms with E-state index in [9.17, 15) is 4.79 Å². The first-order chi connectivity index (χ1) is 11.1. The summed E-state index contributed by atoms with van der Waals surface area (Å²) in [6.07, 6.45) is 0. The summed E-state index contributed by atoms with van der Waals surface area (Å²) in [5, 5.41) is 2.82. The summed E-state index contributed by atoms with van der Waals surface area (Å²) in [7, 11) is 0. The van der Waals surface area contributed by atoms with Crippen LogP contribution >= 0.6 is 0 Å². The maximum atomic E-state index is 12.0. The van der Waals surface area contributed by atoms with Gasteiger partial charge in [-0.1, -0.05) is 6.07 Å². The minimum absolute atomic E-state index is 0.0629. The molecule has 5 heteroatoms. The van der Waals surface area contributed by atoms with Crippen LogP contribution in [0.4, 0.5) is 5.69 Å². The molecule has 2 aromatic carbocycles. The van der Waals surface area contributed by atoms with Crippen molar-refractivity contribution in [2.75, 3.05) is 25.1 Å². The van der Waals surface area contributed by atoms with Crippen LogP contribution in [0.3, 0.4) is 0 Å². The average molecular weight is 313 g/mol. The fourth-order valence-corrected chi connectivity index (χ4v) is 2.28. The number of hydrogen-bond acceptors (Lipinski definition) is 4. The molecule has 0 bridgehead atoms. The highest BCUT2D eigenvalue weighted by Gasteiger charge is 2.13. The number of anilines is 1. The third-order valence-corrected chi connectivity index (χ3v) is 3.67. The highest BCUT2D eigenvalue weighted by atomic mass is 16.6. The molecule has 23 heavy (non-hydrogen) atoms. The van der Waals surface area contributed by atoms with Crippen LogP contribution in [-0.2, 0) is 4.79 Å². The van der Waals surface area contributed by atoms with Crippen LogP contribution in [0.25, 0.3) is 0 Å². The number of ether oxygens (including phenoxy) is 3. The SMILES string of the molecule is Cc1ccc(NC(=O)COc2ccc3c(c2)OCCO3)cc1C. The fraction of sp³-hybridized carbons (Fsp3) is 0.278. The molecule has 0 fully saturated rings. The number of carbonyl (C=O) groups excluding carboxylic acids is 1. The Balaban J connectivity index is 1.57. The van der Waals surface area contributed by atoms with E-state index in [0.717, 1.165) is 11.3 Å². The van der Waals surface area contributed by atoms with E-state index in [1.165, 1.54) is 5.56 Å². The quantitative estimate of drug-likeness (QED) is 0.942. The van der Waals surface area contributed by atoms with Gasteiger partial charge in [-0.25, -0.2) is 0 Å². The van der Waals surface area contributed by atoms with Gasteiger partial charge in [0.1, 0.15) is 19.0 Å². The summed E-state index contributed by atoms with van der Waals surface area (Å²) >= 11 is 0. The minimum atomic E-state index is -0.205. The summed E-state index contributed by atoms with van der Waals surface area (Å²) in [6.45, 7) is 5.05. The first kappa shape index (κ1) is 15.2. The number of fused-ring (bicyclic) bond motifs is 1.